The predicted molar refractivity (Wildman–Crippen MR) is 61.4 cm³/mol. The van der Waals surface area contributed by atoms with Crippen LogP contribution in [-0.4, -0.2) is 12.5 Å². The number of hydrogen-bond acceptors (Lipinski definition) is 1. The Morgan fingerprint density at radius 3 is 2.29 bits per heavy atom. The average Bonchev–Trinajstić information content (AvgIpc) is 2.07. The van der Waals surface area contributed by atoms with E-state index in [2.05, 4.69) is 33.8 Å². The second-order valence-electron chi connectivity index (χ2n) is 4.87. The predicted octanol–water partition coefficient (Wildman–Crippen LogP) is 3.75. The highest BCUT2D eigenvalue weighted by Gasteiger charge is 2.27. The van der Waals surface area contributed by atoms with Gasteiger partial charge in [0.05, 0.1) is 12.5 Å². The minimum Gasteiger partial charge on any atom is -0.497 e. The van der Waals surface area contributed by atoms with Crippen molar-refractivity contribution in [3.63, 3.8) is 0 Å². The van der Waals surface area contributed by atoms with Crippen LogP contribution in [0.2, 0.25) is 0 Å². The molecule has 14 heavy (non-hydrogen) atoms. The largest absolute Gasteiger partial charge is 0.497 e. The minimum absolute atomic E-state index is 0.0519. The molecule has 80 valence electrons. The fraction of sp³-hybridized carbons (Fsp3) is 0.667. The molecule has 0 fully saturated rings. The highest BCUT2D eigenvalue weighted by Crippen LogP contribution is 2.37. The smallest absolute Gasteiger partial charge is 0.119 e. The molecule has 1 aliphatic rings. The summed E-state index contributed by atoms with van der Waals surface area (Å²) in [5.41, 5.74) is 1.37. The standard InChI is InChI=1S/C12H19ClO/c1-8-6-9(12(2,3)4)11(14-5)7-10(8)13/h6-8,10H,1-5H3. The molecule has 2 heteroatoms. The van der Waals surface area contributed by atoms with Crippen LogP contribution in [0.25, 0.3) is 0 Å². The Bertz CT molecular complexity index is 271. The van der Waals surface area contributed by atoms with Crippen molar-refractivity contribution in [1.82, 2.24) is 0 Å². The van der Waals surface area contributed by atoms with Gasteiger partial charge in [0.1, 0.15) is 5.76 Å². The van der Waals surface area contributed by atoms with Crippen LogP contribution < -0.4 is 0 Å². The van der Waals surface area contributed by atoms with Crippen LogP contribution in [0.5, 0.6) is 0 Å². The maximum absolute atomic E-state index is 6.16. The SMILES string of the molecule is COC1=CC(Cl)C(C)C=C1C(C)(C)C. The maximum atomic E-state index is 6.16. The summed E-state index contributed by atoms with van der Waals surface area (Å²) in [6, 6.07) is 0. The van der Waals surface area contributed by atoms with Crippen LogP contribution in [-0.2, 0) is 4.74 Å². The summed E-state index contributed by atoms with van der Waals surface area (Å²) >= 11 is 6.16. The Hall–Kier alpha value is -0.430. The molecule has 0 aromatic rings. The van der Waals surface area contributed by atoms with Gasteiger partial charge in [-0.05, 0) is 23.0 Å². The summed E-state index contributed by atoms with van der Waals surface area (Å²) < 4.78 is 5.36. The lowest BCUT2D eigenvalue weighted by atomic mass is 9.80. The first-order chi connectivity index (χ1) is 6.36. The number of methoxy groups -OCH3 is 1. The molecule has 0 saturated heterocycles. The molecule has 1 rings (SSSR count). The number of rotatable bonds is 1. The first kappa shape index (κ1) is 11.6. The molecule has 0 aromatic carbocycles. The quantitative estimate of drug-likeness (QED) is 0.605. The summed E-state index contributed by atoms with van der Waals surface area (Å²) in [7, 11) is 1.70. The highest BCUT2D eigenvalue weighted by atomic mass is 35.5. The van der Waals surface area contributed by atoms with Crippen molar-refractivity contribution in [3.8, 4) is 0 Å². The van der Waals surface area contributed by atoms with Gasteiger partial charge in [0.25, 0.3) is 0 Å². The van der Waals surface area contributed by atoms with Gasteiger partial charge in [-0.25, -0.2) is 0 Å². The van der Waals surface area contributed by atoms with E-state index in [1.807, 2.05) is 6.08 Å². The van der Waals surface area contributed by atoms with Crippen molar-refractivity contribution >= 4 is 11.6 Å². The summed E-state index contributed by atoms with van der Waals surface area (Å²) in [5.74, 6) is 1.31. The van der Waals surface area contributed by atoms with Gasteiger partial charge in [0.15, 0.2) is 0 Å². The van der Waals surface area contributed by atoms with E-state index in [0.29, 0.717) is 5.92 Å². The van der Waals surface area contributed by atoms with Crippen molar-refractivity contribution in [3.05, 3.63) is 23.5 Å². The minimum atomic E-state index is 0.0519. The van der Waals surface area contributed by atoms with Crippen molar-refractivity contribution < 1.29 is 4.74 Å². The third-order valence-electron chi connectivity index (χ3n) is 2.54. The molecule has 0 spiro atoms. The molecular formula is C12H19ClO. The van der Waals surface area contributed by atoms with Gasteiger partial charge in [-0.2, -0.15) is 0 Å². The van der Waals surface area contributed by atoms with Gasteiger partial charge < -0.3 is 4.74 Å². The number of halogens is 1. The lowest BCUT2D eigenvalue weighted by Gasteiger charge is -2.30. The molecule has 1 aliphatic carbocycles. The van der Waals surface area contributed by atoms with Crippen LogP contribution in [0.4, 0.5) is 0 Å². The van der Waals surface area contributed by atoms with Crippen molar-refractivity contribution in [1.29, 1.82) is 0 Å². The fourth-order valence-electron chi connectivity index (χ4n) is 1.62. The van der Waals surface area contributed by atoms with E-state index in [1.165, 1.54) is 5.57 Å². The Kier molecular flexibility index (Phi) is 3.31. The molecule has 0 aliphatic heterocycles. The summed E-state index contributed by atoms with van der Waals surface area (Å²) in [6.07, 6.45) is 4.23. The van der Waals surface area contributed by atoms with E-state index in [0.717, 1.165) is 5.76 Å². The van der Waals surface area contributed by atoms with Crippen molar-refractivity contribution in [2.24, 2.45) is 11.3 Å². The van der Waals surface area contributed by atoms with Gasteiger partial charge in [-0.3, -0.25) is 0 Å². The molecule has 0 N–H and O–H groups in total. The van der Waals surface area contributed by atoms with Crippen molar-refractivity contribution in [2.45, 2.75) is 33.1 Å². The zero-order valence-corrected chi connectivity index (χ0v) is 10.4. The van der Waals surface area contributed by atoms with Gasteiger partial charge >= 0.3 is 0 Å². The molecule has 2 atom stereocenters. The zero-order valence-electron chi connectivity index (χ0n) is 9.60. The first-order valence-corrected chi connectivity index (χ1v) is 5.42. The summed E-state index contributed by atoms with van der Waals surface area (Å²) in [6.45, 7) is 8.69. The van der Waals surface area contributed by atoms with E-state index in [1.54, 1.807) is 7.11 Å². The molecule has 1 nitrogen and oxygen atoms in total. The molecule has 2 unspecified atom stereocenters. The maximum Gasteiger partial charge on any atom is 0.119 e. The molecule has 0 saturated carbocycles. The van der Waals surface area contributed by atoms with Crippen molar-refractivity contribution in [2.75, 3.05) is 7.11 Å². The van der Waals surface area contributed by atoms with Crippen LogP contribution in [0, 0.1) is 11.3 Å². The second-order valence-corrected chi connectivity index (χ2v) is 5.37. The Morgan fingerprint density at radius 1 is 1.29 bits per heavy atom. The molecule has 0 amide bonds. The van der Waals surface area contributed by atoms with Crippen LogP contribution >= 0.6 is 11.6 Å². The van der Waals surface area contributed by atoms with Gasteiger partial charge in [-0.15, -0.1) is 11.6 Å². The molecule has 0 heterocycles. The Morgan fingerprint density at radius 2 is 1.86 bits per heavy atom. The molecule has 0 bridgehead atoms. The van der Waals surface area contributed by atoms with E-state index < -0.39 is 0 Å². The number of hydrogen-bond donors (Lipinski definition) is 0. The zero-order chi connectivity index (χ0) is 10.9. The molecule has 0 radical (unpaired) electrons. The lowest BCUT2D eigenvalue weighted by molar-refractivity contribution is 0.276. The van der Waals surface area contributed by atoms with Gasteiger partial charge in [0, 0.05) is 0 Å². The van der Waals surface area contributed by atoms with Crippen LogP contribution in [0.1, 0.15) is 27.7 Å². The Balaban J connectivity index is 3.04. The Labute approximate surface area is 91.8 Å². The number of alkyl halides is 1. The number of allylic oxidation sites excluding steroid dienone is 3. The normalized spacial score (nSPS) is 28.1. The molecule has 0 aromatic heterocycles. The highest BCUT2D eigenvalue weighted by molar-refractivity contribution is 6.22. The third kappa shape index (κ3) is 2.33. The fourth-order valence-corrected chi connectivity index (χ4v) is 1.81. The first-order valence-electron chi connectivity index (χ1n) is 4.99. The van der Waals surface area contributed by atoms with E-state index in [-0.39, 0.29) is 10.8 Å². The lowest BCUT2D eigenvalue weighted by Crippen LogP contribution is -2.21. The summed E-state index contributed by atoms with van der Waals surface area (Å²) in [5, 5.41) is 0.0519. The van der Waals surface area contributed by atoms with Crippen LogP contribution in [0.3, 0.4) is 0 Å². The topological polar surface area (TPSA) is 9.23 Å². The number of ether oxygens (including phenoxy) is 1. The monoisotopic (exact) mass is 214 g/mol. The molecular weight excluding hydrogens is 196 g/mol. The average molecular weight is 215 g/mol. The van der Waals surface area contributed by atoms with E-state index in [9.17, 15) is 0 Å². The van der Waals surface area contributed by atoms with Gasteiger partial charge in [0.2, 0.25) is 0 Å². The summed E-state index contributed by atoms with van der Waals surface area (Å²) in [4.78, 5) is 0. The van der Waals surface area contributed by atoms with Gasteiger partial charge in [-0.1, -0.05) is 33.8 Å². The van der Waals surface area contributed by atoms with E-state index >= 15 is 0 Å². The van der Waals surface area contributed by atoms with E-state index in [4.69, 9.17) is 16.3 Å². The van der Waals surface area contributed by atoms with Crippen LogP contribution in [0.15, 0.2) is 23.5 Å². The second kappa shape index (κ2) is 3.98. The third-order valence-corrected chi connectivity index (χ3v) is 3.06.